The number of benzene rings is 6. The standard InChI is InChI=1S/C49H47NO7S/c1-37-26-29-43(30-27-37)58(51,52)50-44-25-15-14-24-42(44)28-31-45-47(54-33-39-18-8-3-9-19-39)49(56-35-41-22-12-5-13-23-41)48(55-34-40-20-10-4-11-21-40)46(57-45)36-53-32-38-16-6-2-7-17-38/h2-27,29-30,45-50H,32-36H2,1H3/t45-,46-,47-,48-,49-/m1/s1. The van der Waals surface area contributed by atoms with Crippen LogP contribution in [0.25, 0.3) is 0 Å². The average molecular weight is 794 g/mol. The van der Waals surface area contributed by atoms with Crippen molar-refractivity contribution in [2.45, 2.75) is 68.8 Å². The molecule has 6 aromatic carbocycles. The van der Waals surface area contributed by atoms with Crippen molar-refractivity contribution in [1.29, 1.82) is 0 Å². The maximum atomic E-state index is 13.5. The normalized spacial score (nSPS) is 19.2. The number of aryl methyl sites for hydroxylation is 1. The predicted molar refractivity (Wildman–Crippen MR) is 225 cm³/mol. The first-order valence-electron chi connectivity index (χ1n) is 19.3. The highest BCUT2D eigenvalue weighted by atomic mass is 32.2. The highest BCUT2D eigenvalue weighted by Crippen LogP contribution is 2.31. The lowest BCUT2D eigenvalue weighted by molar-refractivity contribution is -0.261. The highest BCUT2D eigenvalue weighted by Gasteiger charge is 2.48. The van der Waals surface area contributed by atoms with Gasteiger partial charge in [0, 0.05) is 5.56 Å². The quantitative estimate of drug-likeness (QED) is 0.0980. The van der Waals surface area contributed by atoms with Gasteiger partial charge in [0.15, 0.2) is 0 Å². The number of anilines is 1. The number of hydrogen-bond donors (Lipinski definition) is 1. The summed E-state index contributed by atoms with van der Waals surface area (Å²) in [5, 5.41) is 0. The Kier molecular flexibility index (Phi) is 14.2. The lowest BCUT2D eigenvalue weighted by Crippen LogP contribution is -2.60. The highest BCUT2D eigenvalue weighted by molar-refractivity contribution is 7.92. The number of hydrogen-bond acceptors (Lipinski definition) is 7. The molecule has 1 fully saturated rings. The van der Waals surface area contributed by atoms with E-state index in [1.54, 1.807) is 42.5 Å². The van der Waals surface area contributed by atoms with Gasteiger partial charge in [-0.15, -0.1) is 0 Å². The Morgan fingerprint density at radius 1 is 0.552 bits per heavy atom. The van der Waals surface area contributed by atoms with E-state index in [0.29, 0.717) is 31.1 Å². The van der Waals surface area contributed by atoms with Crippen LogP contribution in [-0.2, 0) is 60.1 Å². The first kappa shape index (κ1) is 40.6. The first-order chi connectivity index (χ1) is 28.4. The minimum Gasteiger partial charge on any atom is -0.374 e. The predicted octanol–water partition coefficient (Wildman–Crippen LogP) is 8.89. The monoisotopic (exact) mass is 793 g/mol. The lowest BCUT2D eigenvalue weighted by atomic mass is 9.93. The van der Waals surface area contributed by atoms with Crippen molar-refractivity contribution in [3.8, 4) is 11.8 Å². The van der Waals surface area contributed by atoms with Crippen LogP contribution in [0.2, 0.25) is 0 Å². The zero-order valence-electron chi connectivity index (χ0n) is 32.4. The SMILES string of the molecule is Cc1ccc(S(=O)(=O)Nc2ccccc2C#C[C@H]2O[C@H](COCc3ccccc3)[C@@H](OCc3ccccc3)[C@H](OCc3ccccc3)[C@@H]2OCc2ccccc2)cc1. The summed E-state index contributed by atoms with van der Waals surface area (Å²) in [5.41, 5.74) is 5.78. The molecule has 1 aliphatic rings. The molecule has 0 unspecified atom stereocenters. The van der Waals surface area contributed by atoms with Crippen LogP contribution in [0.3, 0.4) is 0 Å². The van der Waals surface area contributed by atoms with Gasteiger partial charge in [-0.2, -0.15) is 0 Å². The van der Waals surface area contributed by atoms with Crippen LogP contribution in [0, 0.1) is 18.8 Å². The molecule has 0 aromatic heterocycles. The molecule has 0 aliphatic carbocycles. The van der Waals surface area contributed by atoms with E-state index in [1.807, 2.05) is 134 Å². The molecule has 1 N–H and O–H groups in total. The van der Waals surface area contributed by atoms with Crippen LogP contribution in [0.4, 0.5) is 5.69 Å². The zero-order valence-corrected chi connectivity index (χ0v) is 33.2. The molecule has 0 spiro atoms. The van der Waals surface area contributed by atoms with Gasteiger partial charge in [-0.05, 0) is 53.4 Å². The molecule has 0 amide bonds. The van der Waals surface area contributed by atoms with Gasteiger partial charge in [0.2, 0.25) is 0 Å². The Labute approximate surface area is 341 Å². The topological polar surface area (TPSA) is 92.3 Å². The molecule has 0 saturated carbocycles. The lowest BCUT2D eigenvalue weighted by Gasteiger charge is -2.45. The smallest absolute Gasteiger partial charge is 0.261 e. The number of ether oxygens (including phenoxy) is 5. The summed E-state index contributed by atoms with van der Waals surface area (Å²) in [7, 11) is -3.89. The van der Waals surface area contributed by atoms with Crippen molar-refractivity contribution < 1.29 is 32.1 Å². The second kappa shape index (κ2) is 20.2. The second-order valence-electron chi connectivity index (χ2n) is 14.1. The second-order valence-corrected chi connectivity index (χ2v) is 15.8. The molecule has 1 saturated heterocycles. The third-order valence-electron chi connectivity index (χ3n) is 9.74. The molecule has 58 heavy (non-hydrogen) atoms. The summed E-state index contributed by atoms with van der Waals surface area (Å²) in [5.74, 6) is 6.58. The molecule has 9 heteroatoms. The van der Waals surface area contributed by atoms with Crippen molar-refractivity contribution in [2.24, 2.45) is 0 Å². The van der Waals surface area contributed by atoms with Crippen molar-refractivity contribution in [1.82, 2.24) is 0 Å². The number of rotatable bonds is 16. The van der Waals surface area contributed by atoms with Gasteiger partial charge in [-0.3, -0.25) is 4.72 Å². The fourth-order valence-corrected chi connectivity index (χ4v) is 7.74. The summed E-state index contributed by atoms with van der Waals surface area (Å²) in [4.78, 5) is 0.157. The fraction of sp³-hybridized carbons (Fsp3) is 0.224. The van der Waals surface area contributed by atoms with E-state index in [2.05, 4.69) is 16.6 Å². The Bertz CT molecular complexity index is 2330. The van der Waals surface area contributed by atoms with E-state index in [4.69, 9.17) is 23.7 Å². The van der Waals surface area contributed by atoms with E-state index in [9.17, 15) is 8.42 Å². The van der Waals surface area contributed by atoms with Gasteiger partial charge in [0.1, 0.15) is 30.5 Å². The molecule has 8 nitrogen and oxygen atoms in total. The molecule has 7 rings (SSSR count). The van der Waals surface area contributed by atoms with E-state index >= 15 is 0 Å². The Morgan fingerprint density at radius 2 is 1.02 bits per heavy atom. The van der Waals surface area contributed by atoms with Crippen LogP contribution in [0.1, 0.15) is 33.4 Å². The molecular weight excluding hydrogens is 747 g/mol. The minimum atomic E-state index is -3.89. The van der Waals surface area contributed by atoms with Gasteiger partial charge >= 0.3 is 0 Å². The van der Waals surface area contributed by atoms with E-state index < -0.39 is 40.5 Å². The van der Waals surface area contributed by atoms with Gasteiger partial charge in [0.05, 0.1) is 43.6 Å². The van der Waals surface area contributed by atoms with Gasteiger partial charge in [-0.25, -0.2) is 8.42 Å². The summed E-state index contributed by atoms with van der Waals surface area (Å²) in [6.45, 7) is 3.35. The summed E-state index contributed by atoms with van der Waals surface area (Å²) >= 11 is 0. The average Bonchev–Trinajstić information content (AvgIpc) is 3.26. The maximum Gasteiger partial charge on any atom is 0.261 e. The first-order valence-corrected chi connectivity index (χ1v) is 20.8. The van der Waals surface area contributed by atoms with Crippen LogP contribution in [0.5, 0.6) is 0 Å². The fourth-order valence-electron chi connectivity index (χ4n) is 6.66. The van der Waals surface area contributed by atoms with E-state index in [-0.39, 0.29) is 18.1 Å². The molecule has 296 valence electrons. The van der Waals surface area contributed by atoms with Gasteiger partial charge in [-0.1, -0.05) is 163 Å². The number of nitrogens with one attached hydrogen (secondary N) is 1. The van der Waals surface area contributed by atoms with Gasteiger partial charge < -0.3 is 23.7 Å². The zero-order chi connectivity index (χ0) is 40.0. The molecule has 0 radical (unpaired) electrons. The molecule has 1 heterocycles. The summed E-state index contributed by atoms with van der Waals surface area (Å²) < 4.78 is 63.3. The van der Waals surface area contributed by atoms with Crippen LogP contribution < -0.4 is 4.72 Å². The van der Waals surface area contributed by atoms with Crippen molar-refractivity contribution in [3.63, 3.8) is 0 Å². The Hall–Kier alpha value is -5.57. The number of sulfonamides is 1. The third-order valence-corrected chi connectivity index (χ3v) is 11.1. The summed E-state index contributed by atoms with van der Waals surface area (Å²) in [6.07, 6.45) is -3.43. The van der Waals surface area contributed by atoms with Crippen molar-refractivity contribution in [2.75, 3.05) is 11.3 Å². The van der Waals surface area contributed by atoms with Crippen LogP contribution in [0.15, 0.2) is 175 Å². The van der Waals surface area contributed by atoms with Crippen LogP contribution >= 0.6 is 0 Å². The van der Waals surface area contributed by atoms with Crippen LogP contribution in [-0.4, -0.2) is 45.5 Å². The molecule has 0 bridgehead atoms. The maximum absolute atomic E-state index is 13.5. The molecule has 6 aromatic rings. The van der Waals surface area contributed by atoms with Crippen molar-refractivity contribution >= 4 is 15.7 Å². The van der Waals surface area contributed by atoms with E-state index in [1.165, 1.54) is 0 Å². The Balaban J connectivity index is 1.24. The summed E-state index contributed by atoms with van der Waals surface area (Å²) in [6, 6.07) is 53.6. The Morgan fingerprint density at radius 3 is 1.57 bits per heavy atom. The van der Waals surface area contributed by atoms with Crippen molar-refractivity contribution in [3.05, 3.63) is 203 Å². The number of para-hydroxylation sites is 1. The largest absolute Gasteiger partial charge is 0.374 e. The third kappa shape index (κ3) is 11.3. The minimum absolute atomic E-state index is 0.157. The molecule has 1 aliphatic heterocycles. The van der Waals surface area contributed by atoms with E-state index in [0.717, 1.165) is 27.8 Å². The molecule has 5 atom stereocenters. The molecular formula is C49H47NO7S. The van der Waals surface area contributed by atoms with Gasteiger partial charge in [0.25, 0.3) is 10.0 Å².